The van der Waals surface area contributed by atoms with Crippen molar-refractivity contribution in [2.45, 2.75) is 32.2 Å². The van der Waals surface area contributed by atoms with Gasteiger partial charge in [-0.2, -0.15) is 0 Å². The number of hydrogen-bond donors (Lipinski definition) is 2. The molecule has 0 saturated heterocycles. The number of aromatic amines is 1. The number of aromatic nitrogens is 1. The van der Waals surface area contributed by atoms with Crippen molar-refractivity contribution in [2.75, 3.05) is 6.54 Å². The monoisotopic (exact) mass is 318 g/mol. The van der Waals surface area contributed by atoms with E-state index in [1.165, 1.54) is 17.5 Å². The maximum absolute atomic E-state index is 12.8. The van der Waals surface area contributed by atoms with Gasteiger partial charge >= 0.3 is 0 Å². The Hall–Kier alpha value is -2.39. The highest BCUT2D eigenvalue weighted by Gasteiger charge is 2.21. The van der Waals surface area contributed by atoms with Gasteiger partial charge in [0, 0.05) is 28.2 Å². The quantitative estimate of drug-likeness (QED) is 0.703. The first-order valence-corrected chi connectivity index (χ1v) is 8.66. The summed E-state index contributed by atoms with van der Waals surface area (Å²) in [5.41, 5.74) is 5.57. The molecule has 1 atom stereocenters. The van der Waals surface area contributed by atoms with Gasteiger partial charge < -0.3 is 10.3 Å². The Morgan fingerprint density at radius 1 is 1.17 bits per heavy atom. The molecule has 0 spiro atoms. The number of H-pyrrole nitrogens is 1. The van der Waals surface area contributed by atoms with Gasteiger partial charge in [-0.15, -0.1) is 0 Å². The summed E-state index contributed by atoms with van der Waals surface area (Å²) in [5.74, 6) is 0.160. The zero-order valence-electron chi connectivity index (χ0n) is 13.9. The van der Waals surface area contributed by atoms with E-state index >= 15 is 0 Å². The molecule has 2 N–H and O–H groups in total. The van der Waals surface area contributed by atoms with Crippen LogP contribution in [-0.2, 0) is 6.42 Å². The topological polar surface area (TPSA) is 44.9 Å². The van der Waals surface area contributed by atoms with E-state index in [2.05, 4.69) is 34.6 Å². The Labute approximate surface area is 142 Å². The molecule has 0 radical (unpaired) electrons. The highest BCUT2D eigenvalue weighted by atomic mass is 16.1. The molecule has 3 nitrogen and oxygen atoms in total. The predicted molar refractivity (Wildman–Crippen MR) is 97.5 cm³/mol. The molecule has 122 valence electrons. The van der Waals surface area contributed by atoms with Gasteiger partial charge in [-0.05, 0) is 43.4 Å². The average Bonchev–Trinajstić information content (AvgIpc) is 2.95. The van der Waals surface area contributed by atoms with Crippen molar-refractivity contribution in [3.05, 3.63) is 70.9 Å². The number of Topliss-reactive ketones (excluding diaryl/α,β-unsaturated/α-hetero) is 1. The maximum Gasteiger partial charge on any atom is 0.179 e. The molecular weight excluding hydrogens is 296 g/mol. The van der Waals surface area contributed by atoms with Crippen LogP contribution in [0.2, 0.25) is 0 Å². The standard InChI is InChI=1S/C21H22N2O/c1-14-21(17-10-4-5-11-19(17)23-14)20(24)13-22-18-12-6-8-15-7-2-3-9-16(15)18/h2-5,7,9-11,18,22-23H,6,8,12-13H2,1H3. The van der Waals surface area contributed by atoms with Crippen LogP contribution in [0, 0.1) is 6.92 Å². The van der Waals surface area contributed by atoms with Crippen molar-refractivity contribution < 1.29 is 4.79 Å². The lowest BCUT2D eigenvalue weighted by Crippen LogP contribution is -2.30. The van der Waals surface area contributed by atoms with E-state index in [4.69, 9.17) is 0 Å². The number of nitrogens with one attached hydrogen (secondary N) is 2. The number of rotatable bonds is 4. The van der Waals surface area contributed by atoms with Crippen molar-refractivity contribution in [3.8, 4) is 0 Å². The SMILES string of the molecule is Cc1[nH]c2ccccc2c1C(=O)CNC1CCCc2ccccc21. The van der Waals surface area contributed by atoms with Crippen molar-refractivity contribution >= 4 is 16.7 Å². The summed E-state index contributed by atoms with van der Waals surface area (Å²) >= 11 is 0. The minimum Gasteiger partial charge on any atom is -0.358 e. The number of aryl methyl sites for hydroxylation is 2. The molecule has 2 aromatic carbocycles. The number of ketones is 1. The Balaban J connectivity index is 1.54. The molecule has 24 heavy (non-hydrogen) atoms. The molecule has 0 amide bonds. The fraction of sp³-hybridized carbons (Fsp3) is 0.286. The van der Waals surface area contributed by atoms with Gasteiger partial charge in [-0.3, -0.25) is 4.79 Å². The van der Waals surface area contributed by atoms with Gasteiger partial charge in [-0.1, -0.05) is 42.5 Å². The van der Waals surface area contributed by atoms with Crippen LogP contribution >= 0.6 is 0 Å². The van der Waals surface area contributed by atoms with E-state index in [0.717, 1.165) is 35.0 Å². The van der Waals surface area contributed by atoms with Crippen LogP contribution < -0.4 is 5.32 Å². The molecule has 0 fully saturated rings. The third-order valence-corrected chi connectivity index (χ3v) is 5.05. The van der Waals surface area contributed by atoms with Crippen molar-refractivity contribution in [3.63, 3.8) is 0 Å². The van der Waals surface area contributed by atoms with Gasteiger partial charge in [-0.25, -0.2) is 0 Å². The second-order valence-electron chi connectivity index (χ2n) is 6.62. The fourth-order valence-electron chi connectivity index (χ4n) is 3.91. The molecule has 1 aliphatic carbocycles. The summed E-state index contributed by atoms with van der Waals surface area (Å²) in [4.78, 5) is 16.1. The Morgan fingerprint density at radius 2 is 1.96 bits per heavy atom. The van der Waals surface area contributed by atoms with E-state index in [1.807, 2.05) is 31.2 Å². The van der Waals surface area contributed by atoms with Crippen LogP contribution in [0.3, 0.4) is 0 Å². The summed E-state index contributed by atoms with van der Waals surface area (Å²) in [6.07, 6.45) is 3.41. The average molecular weight is 318 g/mol. The number of para-hydroxylation sites is 1. The van der Waals surface area contributed by atoms with Gasteiger partial charge in [0.2, 0.25) is 0 Å². The second-order valence-corrected chi connectivity index (χ2v) is 6.62. The van der Waals surface area contributed by atoms with Crippen LogP contribution in [0.4, 0.5) is 0 Å². The molecule has 3 aromatic rings. The first kappa shape index (κ1) is 15.2. The molecule has 4 rings (SSSR count). The number of carbonyl (C=O) groups is 1. The van der Waals surface area contributed by atoms with Crippen molar-refractivity contribution in [1.82, 2.24) is 10.3 Å². The third kappa shape index (κ3) is 2.65. The van der Waals surface area contributed by atoms with Crippen LogP contribution in [0.1, 0.15) is 46.1 Å². The summed E-state index contributed by atoms with van der Waals surface area (Å²) in [6, 6.07) is 16.9. The lowest BCUT2D eigenvalue weighted by molar-refractivity contribution is 0.0987. The first-order valence-electron chi connectivity index (χ1n) is 8.66. The van der Waals surface area contributed by atoms with Crippen LogP contribution in [-0.4, -0.2) is 17.3 Å². The molecule has 1 unspecified atom stereocenters. The molecule has 0 bridgehead atoms. The molecule has 1 aromatic heterocycles. The largest absolute Gasteiger partial charge is 0.358 e. The Kier molecular flexibility index (Phi) is 3.95. The Bertz CT molecular complexity index is 894. The first-order chi connectivity index (χ1) is 11.7. The van der Waals surface area contributed by atoms with Crippen molar-refractivity contribution in [1.29, 1.82) is 0 Å². The lowest BCUT2D eigenvalue weighted by Gasteiger charge is -2.26. The zero-order chi connectivity index (χ0) is 16.5. The van der Waals surface area contributed by atoms with Crippen LogP contribution in [0.15, 0.2) is 48.5 Å². The summed E-state index contributed by atoms with van der Waals surface area (Å²) in [5, 5.41) is 4.51. The Morgan fingerprint density at radius 3 is 2.88 bits per heavy atom. The molecule has 1 heterocycles. The summed E-state index contributed by atoms with van der Waals surface area (Å²) < 4.78 is 0. The van der Waals surface area contributed by atoms with Crippen LogP contribution in [0.25, 0.3) is 10.9 Å². The highest BCUT2D eigenvalue weighted by Crippen LogP contribution is 2.29. The van der Waals surface area contributed by atoms with E-state index in [0.29, 0.717) is 6.54 Å². The third-order valence-electron chi connectivity index (χ3n) is 5.05. The van der Waals surface area contributed by atoms with Gasteiger partial charge in [0.1, 0.15) is 0 Å². The van der Waals surface area contributed by atoms with Gasteiger partial charge in [0.25, 0.3) is 0 Å². The molecule has 0 saturated carbocycles. The van der Waals surface area contributed by atoms with Gasteiger partial charge in [0.15, 0.2) is 5.78 Å². The lowest BCUT2D eigenvalue weighted by atomic mass is 9.87. The number of carbonyl (C=O) groups excluding carboxylic acids is 1. The summed E-state index contributed by atoms with van der Waals surface area (Å²) in [7, 11) is 0. The van der Waals surface area contributed by atoms with Crippen LogP contribution in [0.5, 0.6) is 0 Å². The smallest absolute Gasteiger partial charge is 0.179 e. The fourth-order valence-corrected chi connectivity index (χ4v) is 3.91. The molecular formula is C21H22N2O. The van der Waals surface area contributed by atoms with E-state index < -0.39 is 0 Å². The minimum atomic E-state index is 0.160. The number of hydrogen-bond acceptors (Lipinski definition) is 2. The predicted octanol–water partition coefficient (Wildman–Crippen LogP) is 4.33. The highest BCUT2D eigenvalue weighted by molar-refractivity contribution is 6.10. The van der Waals surface area contributed by atoms with E-state index in [1.54, 1.807) is 0 Å². The minimum absolute atomic E-state index is 0.160. The molecule has 3 heteroatoms. The number of fused-ring (bicyclic) bond motifs is 2. The van der Waals surface area contributed by atoms with E-state index in [-0.39, 0.29) is 11.8 Å². The normalized spacial score (nSPS) is 17.0. The zero-order valence-corrected chi connectivity index (χ0v) is 13.9. The molecule has 1 aliphatic rings. The van der Waals surface area contributed by atoms with Gasteiger partial charge in [0.05, 0.1) is 6.54 Å². The van der Waals surface area contributed by atoms with Crippen molar-refractivity contribution in [2.24, 2.45) is 0 Å². The number of benzene rings is 2. The van der Waals surface area contributed by atoms with E-state index in [9.17, 15) is 4.79 Å². The molecule has 0 aliphatic heterocycles. The maximum atomic E-state index is 12.8. The summed E-state index contributed by atoms with van der Waals surface area (Å²) in [6.45, 7) is 2.35. The second kappa shape index (κ2) is 6.25.